The van der Waals surface area contributed by atoms with Crippen molar-refractivity contribution >= 4 is 11.6 Å². The summed E-state index contributed by atoms with van der Waals surface area (Å²) in [6.07, 6.45) is 1.74. The predicted octanol–water partition coefficient (Wildman–Crippen LogP) is 2.42. The van der Waals surface area contributed by atoms with Crippen molar-refractivity contribution in [3.63, 3.8) is 0 Å². The van der Waals surface area contributed by atoms with E-state index in [0.717, 1.165) is 11.4 Å². The summed E-state index contributed by atoms with van der Waals surface area (Å²) in [5, 5.41) is 0. The topological polar surface area (TPSA) is 36.4 Å². The summed E-state index contributed by atoms with van der Waals surface area (Å²) in [7, 11) is 5.71. The molecular formula is C16H19N3O. The summed E-state index contributed by atoms with van der Waals surface area (Å²) < 4.78 is 0. The van der Waals surface area contributed by atoms with Crippen molar-refractivity contribution in [2.24, 2.45) is 0 Å². The average molecular weight is 269 g/mol. The maximum atomic E-state index is 12.4. The van der Waals surface area contributed by atoms with Gasteiger partial charge in [-0.15, -0.1) is 0 Å². The molecule has 0 spiro atoms. The van der Waals surface area contributed by atoms with Crippen LogP contribution < -0.4 is 4.90 Å². The summed E-state index contributed by atoms with van der Waals surface area (Å²) in [6.45, 7) is 0.506. The van der Waals surface area contributed by atoms with E-state index >= 15 is 0 Å². The second kappa shape index (κ2) is 6.19. The fraction of sp³-hybridized carbons (Fsp3) is 0.250. The monoisotopic (exact) mass is 269 g/mol. The number of hydrogen-bond acceptors (Lipinski definition) is 3. The SMILES string of the molecule is CN(Cc1ccccn1)C(=O)c1cccc(N(C)C)c1. The molecule has 2 rings (SSSR count). The number of pyridine rings is 1. The quantitative estimate of drug-likeness (QED) is 0.855. The van der Waals surface area contributed by atoms with Gasteiger partial charge in [-0.25, -0.2) is 0 Å². The van der Waals surface area contributed by atoms with Gasteiger partial charge in [-0.1, -0.05) is 12.1 Å². The first-order chi connectivity index (χ1) is 9.58. The van der Waals surface area contributed by atoms with E-state index in [4.69, 9.17) is 0 Å². The zero-order chi connectivity index (χ0) is 14.5. The Morgan fingerprint density at radius 3 is 2.55 bits per heavy atom. The molecule has 104 valence electrons. The van der Waals surface area contributed by atoms with Crippen LogP contribution in [0.25, 0.3) is 0 Å². The lowest BCUT2D eigenvalue weighted by atomic mass is 10.1. The highest BCUT2D eigenvalue weighted by atomic mass is 16.2. The van der Waals surface area contributed by atoms with Crippen LogP contribution in [0.2, 0.25) is 0 Å². The molecule has 0 fully saturated rings. The van der Waals surface area contributed by atoms with E-state index in [9.17, 15) is 4.79 Å². The molecule has 2 aromatic rings. The first kappa shape index (κ1) is 14.1. The Labute approximate surface area is 119 Å². The maximum Gasteiger partial charge on any atom is 0.254 e. The molecular weight excluding hydrogens is 250 g/mol. The fourth-order valence-electron chi connectivity index (χ4n) is 1.94. The fourth-order valence-corrected chi connectivity index (χ4v) is 1.94. The summed E-state index contributed by atoms with van der Waals surface area (Å²) in [5.74, 6) is -0.000599. The van der Waals surface area contributed by atoms with Gasteiger partial charge in [0.25, 0.3) is 5.91 Å². The van der Waals surface area contributed by atoms with E-state index in [1.165, 1.54) is 0 Å². The van der Waals surface area contributed by atoms with Gasteiger partial charge in [0.2, 0.25) is 0 Å². The molecule has 0 saturated heterocycles. The summed E-state index contributed by atoms with van der Waals surface area (Å²) in [5.41, 5.74) is 2.59. The Kier molecular flexibility index (Phi) is 4.35. The van der Waals surface area contributed by atoms with Crippen molar-refractivity contribution in [1.82, 2.24) is 9.88 Å². The highest BCUT2D eigenvalue weighted by molar-refractivity contribution is 5.94. The van der Waals surface area contributed by atoms with Crippen LogP contribution in [-0.4, -0.2) is 36.9 Å². The van der Waals surface area contributed by atoms with Gasteiger partial charge in [0.05, 0.1) is 12.2 Å². The molecule has 0 atom stereocenters. The molecule has 0 bridgehead atoms. The van der Waals surface area contributed by atoms with E-state index in [2.05, 4.69) is 4.98 Å². The molecule has 20 heavy (non-hydrogen) atoms. The van der Waals surface area contributed by atoms with E-state index in [1.54, 1.807) is 18.1 Å². The molecule has 1 heterocycles. The lowest BCUT2D eigenvalue weighted by molar-refractivity contribution is 0.0783. The molecule has 1 aromatic carbocycles. The van der Waals surface area contributed by atoms with E-state index < -0.39 is 0 Å². The Hall–Kier alpha value is -2.36. The van der Waals surface area contributed by atoms with Crippen LogP contribution in [0.3, 0.4) is 0 Å². The van der Waals surface area contributed by atoms with Crippen LogP contribution in [0.1, 0.15) is 16.1 Å². The average Bonchev–Trinajstić information content (AvgIpc) is 2.47. The van der Waals surface area contributed by atoms with Crippen molar-refractivity contribution in [3.05, 3.63) is 59.9 Å². The first-order valence-corrected chi connectivity index (χ1v) is 6.50. The van der Waals surface area contributed by atoms with E-state index in [0.29, 0.717) is 12.1 Å². The molecule has 0 N–H and O–H groups in total. The molecule has 0 aliphatic rings. The number of carbonyl (C=O) groups excluding carboxylic acids is 1. The van der Waals surface area contributed by atoms with Gasteiger partial charge < -0.3 is 9.80 Å². The minimum Gasteiger partial charge on any atom is -0.378 e. The third-order valence-electron chi connectivity index (χ3n) is 3.08. The minimum absolute atomic E-state index is 0.000599. The molecule has 4 heteroatoms. The number of carbonyl (C=O) groups is 1. The highest BCUT2D eigenvalue weighted by Gasteiger charge is 2.13. The molecule has 0 unspecified atom stereocenters. The lowest BCUT2D eigenvalue weighted by Crippen LogP contribution is -2.26. The lowest BCUT2D eigenvalue weighted by Gasteiger charge is -2.18. The predicted molar refractivity (Wildman–Crippen MR) is 80.8 cm³/mol. The van der Waals surface area contributed by atoms with Crippen molar-refractivity contribution < 1.29 is 4.79 Å². The standard InChI is InChI=1S/C16H19N3O/c1-18(2)15-9-6-7-13(11-15)16(20)19(3)12-14-8-4-5-10-17-14/h4-11H,12H2,1-3H3. The van der Waals surface area contributed by atoms with Gasteiger partial charge in [0.1, 0.15) is 0 Å². The van der Waals surface area contributed by atoms with Crippen LogP contribution in [0, 0.1) is 0 Å². The third-order valence-corrected chi connectivity index (χ3v) is 3.08. The summed E-state index contributed by atoms with van der Waals surface area (Å²) >= 11 is 0. The van der Waals surface area contributed by atoms with Crippen LogP contribution in [0.5, 0.6) is 0 Å². The van der Waals surface area contributed by atoms with E-state index in [-0.39, 0.29) is 5.91 Å². The molecule has 1 amide bonds. The Morgan fingerprint density at radius 2 is 1.90 bits per heavy atom. The van der Waals surface area contributed by atoms with Gasteiger partial charge in [-0.05, 0) is 30.3 Å². The second-order valence-electron chi connectivity index (χ2n) is 4.93. The van der Waals surface area contributed by atoms with Gasteiger partial charge in [-0.2, -0.15) is 0 Å². The van der Waals surface area contributed by atoms with Crippen molar-refractivity contribution in [3.8, 4) is 0 Å². The minimum atomic E-state index is -0.000599. The van der Waals surface area contributed by atoms with Crippen LogP contribution in [-0.2, 0) is 6.54 Å². The largest absolute Gasteiger partial charge is 0.378 e. The van der Waals surface area contributed by atoms with Crippen LogP contribution >= 0.6 is 0 Å². The number of anilines is 1. The number of amides is 1. The number of nitrogens with zero attached hydrogens (tertiary/aromatic N) is 3. The molecule has 1 aromatic heterocycles. The maximum absolute atomic E-state index is 12.4. The Morgan fingerprint density at radius 1 is 1.10 bits per heavy atom. The molecule has 0 radical (unpaired) electrons. The zero-order valence-corrected chi connectivity index (χ0v) is 12.1. The van der Waals surface area contributed by atoms with E-state index in [1.807, 2.05) is 61.5 Å². The molecule has 0 aliphatic carbocycles. The number of hydrogen-bond donors (Lipinski definition) is 0. The smallest absolute Gasteiger partial charge is 0.254 e. The Bertz CT molecular complexity index is 581. The van der Waals surface area contributed by atoms with Gasteiger partial charge in [-0.3, -0.25) is 9.78 Å². The normalized spacial score (nSPS) is 10.2. The van der Waals surface area contributed by atoms with Gasteiger partial charge >= 0.3 is 0 Å². The van der Waals surface area contributed by atoms with Crippen molar-refractivity contribution in [2.75, 3.05) is 26.0 Å². The zero-order valence-electron chi connectivity index (χ0n) is 12.1. The molecule has 4 nitrogen and oxygen atoms in total. The van der Waals surface area contributed by atoms with Crippen LogP contribution in [0.4, 0.5) is 5.69 Å². The summed E-state index contributed by atoms with van der Waals surface area (Å²) in [4.78, 5) is 20.3. The molecule has 0 aliphatic heterocycles. The highest BCUT2D eigenvalue weighted by Crippen LogP contribution is 2.15. The second-order valence-corrected chi connectivity index (χ2v) is 4.93. The van der Waals surface area contributed by atoms with Gasteiger partial charge in [0, 0.05) is 38.6 Å². The summed E-state index contributed by atoms with van der Waals surface area (Å²) in [6, 6.07) is 13.3. The van der Waals surface area contributed by atoms with Crippen LogP contribution in [0.15, 0.2) is 48.7 Å². The van der Waals surface area contributed by atoms with Crippen molar-refractivity contribution in [2.45, 2.75) is 6.54 Å². The third kappa shape index (κ3) is 3.35. The number of rotatable bonds is 4. The van der Waals surface area contributed by atoms with Crippen molar-refractivity contribution in [1.29, 1.82) is 0 Å². The first-order valence-electron chi connectivity index (χ1n) is 6.50. The number of aromatic nitrogens is 1. The Balaban J connectivity index is 2.12. The number of benzene rings is 1. The van der Waals surface area contributed by atoms with Gasteiger partial charge in [0.15, 0.2) is 0 Å². The molecule has 0 saturated carbocycles.